The van der Waals surface area contributed by atoms with Gasteiger partial charge in [-0.15, -0.1) is 10.2 Å². The van der Waals surface area contributed by atoms with Crippen molar-refractivity contribution in [1.82, 2.24) is 14.8 Å². The van der Waals surface area contributed by atoms with E-state index in [0.717, 1.165) is 33.8 Å². The fraction of sp³-hybridized carbons (Fsp3) is 0.192. The summed E-state index contributed by atoms with van der Waals surface area (Å²) < 4.78 is 7.90. The van der Waals surface area contributed by atoms with Crippen LogP contribution in [-0.2, 0) is 11.4 Å². The molecule has 0 saturated carbocycles. The molecule has 0 fully saturated rings. The molecule has 3 aromatic carbocycles. The Balaban J connectivity index is 1.50. The SMILES string of the molecule is Cc1cccc(OCc2nnc(SCC(=O)Nc3cccc(C)c3C)n2-c2ccccc2)c1. The largest absolute Gasteiger partial charge is 0.486 e. The van der Waals surface area contributed by atoms with Gasteiger partial charge in [-0.05, 0) is 67.8 Å². The van der Waals surface area contributed by atoms with E-state index in [0.29, 0.717) is 11.0 Å². The molecular formula is C26H26N4O2S. The Morgan fingerprint density at radius 3 is 2.55 bits per heavy atom. The average Bonchev–Trinajstić information content (AvgIpc) is 3.23. The fourth-order valence-electron chi connectivity index (χ4n) is 3.38. The van der Waals surface area contributed by atoms with Crippen LogP contribution in [0.4, 0.5) is 5.69 Å². The number of anilines is 1. The maximum Gasteiger partial charge on any atom is 0.234 e. The molecule has 1 amide bonds. The van der Waals surface area contributed by atoms with Crippen LogP contribution in [-0.4, -0.2) is 26.4 Å². The first-order valence-corrected chi connectivity index (χ1v) is 11.7. The highest BCUT2D eigenvalue weighted by Crippen LogP contribution is 2.24. The highest BCUT2D eigenvalue weighted by Gasteiger charge is 2.17. The number of hydrogen-bond acceptors (Lipinski definition) is 5. The standard InChI is InChI=1S/C26H26N4O2S/c1-18-9-7-13-22(15-18)32-16-24-28-29-26(30(24)21-11-5-4-6-12-21)33-17-25(31)27-23-14-8-10-19(2)20(23)3/h4-15H,16-17H2,1-3H3,(H,27,31). The molecule has 4 rings (SSSR count). The van der Waals surface area contributed by atoms with Gasteiger partial charge in [-0.3, -0.25) is 9.36 Å². The van der Waals surface area contributed by atoms with Crippen molar-refractivity contribution < 1.29 is 9.53 Å². The normalized spacial score (nSPS) is 10.8. The predicted molar refractivity (Wildman–Crippen MR) is 132 cm³/mol. The molecule has 7 heteroatoms. The third-order valence-corrected chi connectivity index (χ3v) is 6.21. The monoisotopic (exact) mass is 458 g/mol. The van der Waals surface area contributed by atoms with E-state index in [1.807, 2.05) is 98.1 Å². The summed E-state index contributed by atoms with van der Waals surface area (Å²) in [6.07, 6.45) is 0. The second-order valence-corrected chi connectivity index (χ2v) is 8.70. The molecular weight excluding hydrogens is 432 g/mol. The van der Waals surface area contributed by atoms with Gasteiger partial charge in [0, 0.05) is 11.4 Å². The molecule has 6 nitrogen and oxygen atoms in total. The van der Waals surface area contributed by atoms with E-state index >= 15 is 0 Å². The number of benzene rings is 3. The van der Waals surface area contributed by atoms with Gasteiger partial charge in [0.05, 0.1) is 5.75 Å². The average molecular weight is 459 g/mol. The van der Waals surface area contributed by atoms with Gasteiger partial charge in [0.1, 0.15) is 12.4 Å². The van der Waals surface area contributed by atoms with Crippen LogP contribution in [0, 0.1) is 20.8 Å². The summed E-state index contributed by atoms with van der Waals surface area (Å²) >= 11 is 1.35. The molecule has 168 valence electrons. The second-order valence-electron chi connectivity index (χ2n) is 7.76. The van der Waals surface area contributed by atoms with Crippen LogP contribution in [0.2, 0.25) is 0 Å². The van der Waals surface area contributed by atoms with E-state index in [-0.39, 0.29) is 18.3 Å². The van der Waals surface area contributed by atoms with Crippen LogP contribution in [0.15, 0.2) is 78.0 Å². The molecule has 0 unspecified atom stereocenters. The first kappa shape index (κ1) is 22.6. The van der Waals surface area contributed by atoms with Crippen molar-refractivity contribution in [3.05, 3.63) is 95.3 Å². The number of thioether (sulfide) groups is 1. The number of nitrogens with one attached hydrogen (secondary N) is 1. The van der Waals surface area contributed by atoms with Crippen molar-refractivity contribution in [2.45, 2.75) is 32.5 Å². The number of rotatable bonds is 8. The highest BCUT2D eigenvalue weighted by atomic mass is 32.2. The Hall–Kier alpha value is -3.58. The van der Waals surface area contributed by atoms with Gasteiger partial charge in [0.2, 0.25) is 5.91 Å². The van der Waals surface area contributed by atoms with E-state index in [1.165, 1.54) is 11.8 Å². The van der Waals surface area contributed by atoms with Gasteiger partial charge >= 0.3 is 0 Å². The molecule has 1 N–H and O–H groups in total. The van der Waals surface area contributed by atoms with Crippen LogP contribution in [0.1, 0.15) is 22.5 Å². The van der Waals surface area contributed by atoms with Gasteiger partial charge in [0.15, 0.2) is 11.0 Å². The third-order valence-electron chi connectivity index (χ3n) is 5.28. The van der Waals surface area contributed by atoms with Crippen molar-refractivity contribution in [2.24, 2.45) is 0 Å². The molecule has 0 radical (unpaired) electrons. The highest BCUT2D eigenvalue weighted by molar-refractivity contribution is 7.99. The minimum absolute atomic E-state index is 0.0890. The first-order valence-electron chi connectivity index (χ1n) is 10.7. The Kier molecular flexibility index (Phi) is 7.10. The number of carbonyl (C=O) groups is 1. The van der Waals surface area contributed by atoms with Crippen molar-refractivity contribution in [2.75, 3.05) is 11.1 Å². The Labute approximate surface area is 198 Å². The minimum atomic E-state index is -0.0890. The van der Waals surface area contributed by atoms with Gasteiger partial charge in [-0.2, -0.15) is 0 Å². The van der Waals surface area contributed by atoms with E-state index < -0.39 is 0 Å². The summed E-state index contributed by atoms with van der Waals surface area (Å²) in [6, 6.07) is 23.6. The maximum atomic E-state index is 12.6. The molecule has 33 heavy (non-hydrogen) atoms. The number of aromatic nitrogens is 3. The Morgan fingerprint density at radius 1 is 0.970 bits per heavy atom. The third kappa shape index (κ3) is 5.62. The molecule has 0 aliphatic heterocycles. The quantitative estimate of drug-likeness (QED) is 0.353. The zero-order chi connectivity index (χ0) is 23.2. The first-order chi connectivity index (χ1) is 16.0. The van der Waals surface area contributed by atoms with Gasteiger partial charge < -0.3 is 10.1 Å². The number of aryl methyl sites for hydroxylation is 2. The van der Waals surface area contributed by atoms with Crippen molar-refractivity contribution in [3.63, 3.8) is 0 Å². The fourth-order valence-corrected chi connectivity index (χ4v) is 4.15. The Morgan fingerprint density at radius 2 is 1.76 bits per heavy atom. The predicted octanol–water partition coefficient (Wildman–Crippen LogP) is 5.50. The van der Waals surface area contributed by atoms with E-state index in [9.17, 15) is 4.79 Å². The van der Waals surface area contributed by atoms with Crippen molar-refractivity contribution in [3.8, 4) is 11.4 Å². The van der Waals surface area contributed by atoms with E-state index in [1.54, 1.807) is 0 Å². The van der Waals surface area contributed by atoms with Crippen molar-refractivity contribution in [1.29, 1.82) is 0 Å². The summed E-state index contributed by atoms with van der Waals surface area (Å²) in [7, 11) is 0. The molecule has 0 saturated heterocycles. The zero-order valence-electron chi connectivity index (χ0n) is 18.9. The van der Waals surface area contributed by atoms with Gasteiger partial charge in [-0.1, -0.05) is 54.2 Å². The summed E-state index contributed by atoms with van der Waals surface area (Å²) in [5.41, 5.74) is 5.09. The molecule has 0 atom stereocenters. The van der Waals surface area contributed by atoms with E-state index in [2.05, 4.69) is 15.5 Å². The van der Waals surface area contributed by atoms with Crippen LogP contribution < -0.4 is 10.1 Å². The number of amides is 1. The number of nitrogens with zero attached hydrogens (tertiary/aromatic N) is 3. The lowest BCUT2D eigenvalue weighted by Gasteiger charge is -2.12. The number of carbonyl (C=O) groups excluding carboxylic acids is 1. The maximum absolute atomic E-state index is 12.6. The topological polar surface area (TPSA) is 69.0 Å². The van der Waals surface area contributed by atoms with Gasteiger partial charge in [-0.25, -0.2) is 0 Å². The van der Waals surface area contributed by atoms with E-state index in [4.69, 9.17) is 4.74 Å². The molecule has 1 aromatic heterocycles. The molecule has 0 aliphatic rings. The molecule has 4 aromatic rings. The summed E-state index contributed by atoms with van der Waals surface area (Å²) in [5.74, 6) is 1.57. The van der Waals surface area contributed by atoms with Gasteiger partial charge in [0.25, 0.3) is 0 Å². The number of para-hydroxylation sites is 1. The van der Waals surface area contributed by atoms with Crippen molar-refractivity contribution >= 4 is 23.4 Å². The molecule has 0 spiro atoms. The molecule has 0 aliphatic carbocycles. The molecule has 1 heterocycles. The lowest BCUT2D eigenvalue weighted by molar-refractivity contribution is -0.113. The summed E-state index contributed by atoms with van der Waals surface area (Å²) in [4.78, 5) is 12.6. The lowest BCUT2D eigenvalue weighted by Crippen LogP contribution is -2.15. The zero-order valence-corrected chi connectivity index (χ0v) is 19.7. The molecule has 0 bridgehead atoms. The number of hydrogen-bond donors (Lipinski definition) is 1. The smallest absolute Gasteiger partial charge is 0.234 e. The van der Waals surface area contributed by atoms with Crippen LogP contribution in [0.25, 0.3) is 5.69 Å². The summed E-state index contributed by atoms with van der Waals surface area (Å²) in [5, 5.41) is 12.3. The lowest BCUT2D eigenvalue weighted by atomic mass is 10.1. The van der Waals surface area contributed by atoms with Crippen LogP contribution >= 0.6 is 11.8 Å². The van der Waals surface area contributed by atoms with Crippen LogP contribution in [0.3, 0.4) is 0 Å². The number of ether oxygens (including phenoxy) is 1. The minimum Gasteiger partial charge on any atom is -0.486 e. The summed E-state index contributed by atoms with van der Waals surface area (Å²) in [6.45, 7) is 6.32. The van der Waals surface area contributed by atoms with Crippen LogP contribution in [0.5, 0.6) is 5.75 Å². The second kappa shape index (κ2) is 10.4. The Bertz CT molecular complexity index is 1250.